The zero-order valence-corrected chi connectivity index (χ0v) is 21.4. The molecule has 0 aliphatic heterocycles. The first-order chi connectivity index (χ1) is 17.6. The normalized spacial score (nSPS) is 13.2. The van der Waals surface area contributed by atoms with E-state index in [9.17, 15) is 18.0 Å². The summed E-state index contributed by atoms with van der Waals surface area (Å²) in [5.74, 6) is 0.713. The van der Waals surface area contributed by atoms with Crippen LogP contribution in [0.2, 0.25) is 0 Å². The molecule has 0 aromatic heterocycles. The summed E-state index contributed by atoms with van der Waals surface area (Å²) < 4.78 is 50.9. The summed E-state index contributed by atoms with van der Waals surface area (Å²) in [5.41, 5.74) is 1.72. The zero-order valence-electron chi connectivity index (χ0n) is 21.4. The average molecular weight is 515 g/mol. The standard InChI is InChI=1S/C29H33F3N2O3/c1-19(2)37-25-15-12-22(18-26(25)36-4)24(20-10-13-23(14-11-20)29(30,31)32)16-17-34-27(28(35)33-3)21-8-6-5-7-9-21/h5-15,18-19,24,27,34H,16-17H2,1-4H3,(H,33,35)/t24-,27-/m1/s1. The Morgan fingerprint density at radius 2 is 1.54 bits per heavy atom. The van der Waals surface area contributed by atoms with E-state index in [4.69, 9.17) is 9.47 Å². The molecule has 8 heteroatoms. The van der Waals surface area contributed by atoms with E-state index in [2.05, 4.69) is 10.6 Å². The van der Waals surface area contributed by atoms with Gasteiger partial charge in [-0.1, -0.05) is 48.5 Å². The summed E-state index contributed by atoms with van der Waals surface area (Å²) in [6, 6.07) is 19.6. The van der Waals surface area contributed by atoms with Crippen LogP contribution in [0.4, 0.5) is 13.2 Å². The van der Waals surface area contributed by atoms with Crippen molar-refractivity contribution in [1.29, 1.82) is 0 Å². The molecule has 1 amide bonds. The highest BCUT2D eigenvalue weighted by Crippen LogP contribution is 2.37. The Balaban J connectivity index is 1.91. The van der Waals surface area contributed by atoms with Gasteiger partial charge in [0.2, 0.25) is 5.91 Å². The number of methoxy groups -OCH3 is 1. The summed E-state index contributed by atoms with van der Waals surface area (Å²) in [6.07, 6.45) is -3.93. The third-order valence-corrected chi connectivity index (χ3v) is 6.02. The molecule has 3 aromatic carbocycles. The summed E-state index contributed by atoms with van der Waals surface area (Å²) in [4.78, 5) is 12.6. The van der Waals surface area contributed by atoms with Crippen molar-refractivity contribution in [2.24, 2.45) is 0 Å². The van der Waals surface area contributed by atoms with Gasteiger partial charge in [-0.05, 0) is 67.8 Å². The average Bonchev–Trinajstić information content (AvgIpc) is 2.88. The van der Waals surface area contributed by atoms with Crippen molar-refractivity contribution in [3.05, 3.63) is 95.1 Å². The number of nitrogens with one attached hydrogen (secondary N) is 2. The van der Waals surface area contributed by atoms with Gasteiger partial charge in [0.15, 0.2) is 11.5 Å². The van der Waals surface area contributed by atoms with Gasteiger partial charge in [-0.25, -0.2) is 0 Å². The van der Waals surface area contributed by atoms with Gasteiger partial charge in [-0.3, -0.25) is 4.79 Å². The van der Waals surface area contributed by atoms with Crippen molar-refractivity contribution in [3.63, 3.8) is 0 Å². The molecule has 0 radical (unpaired) electrons. The zero-order chi connectivity index (χ0) is 27.0. The van der Waals surface area contributed by atoms with E-state index < -0.39 is 17.8 Å². The molecule has 198 valence electrons. The Labute approximate surface area is 216 Å². The largest absolute Gasteiger partial charge is 0.493 e. The number of rotatable bonds is 11. The van der Waals surface area contributed by atoms with Gasteiger partial charge >= 0.3 is 6.18 Å². The Hall–Kier alpha value is -3.52. The molecule has 37 heavy (non-hydrogen) atoms. The number of halogens is 3. The maximum Gasteiger partial charge on any atom is 0.416 e. The Bertz CT molecular complexity index is 1150. The molecule has 0 saturated heterocycles. The smallest absolute Gasteiger partial charge is 0.416 e. The molecule has 3 aromatic rings. The molecule has 2 N–H and O–H groups in total. The Morgan fingerprint density at radius 3 is 2.11 bits per heavy atom. The van der Waals surface area contributed by atoms with Crippen LogP contribution in [0.1, 0.15) is 54.5 Å². The third-order valence-electron chi connectivity index (χ3n) is 6.02. The quantitative estimate of drug-likeness (QED) is 0.325. The van der Waals surface area contributed by atoms with Gasteiger partial charge in [0, 0.05) is 13.0 Å². The first-order valence-electron chi connectivity index (χ1n) is 12.2. The fraction of sp³-hybridized carbons (Fsp3) is 0.345. The van der Waals surface area contributed by atoms with Crippen molar-refractivity contribution < 1.29 is 27.4 Å². The number of carbonyl (C=O) groups excluding carboxylic acids is 1. The number of benzene rings is 3. The molecule has 0 saturated carbocycles. The molecule has 5 nitrogen and oxygen atoms in total. The van der Waals surface area contributed by atoms with E-state index >= 15 is 0 Å². The molecule has 0 aliphatic carbocycles. The number of hydrogen-bond acceptors (Lipinski definition) is 4. The van der Waals surface area contributed by atoms with E-state index in [1.54, 1.807) is 14.2 Å². The van der Waals surface area contributed by atoms with Gasteiger partial charge in [-0.15, -0.1) is 0 Å². The van der Waals surface area contributed by atoms with Gasteiger partial charge in [-0.2, -0.15) is 13.2 Å². The summed E-state index contributed by atoms with van der Waals surface area (Å²) in [6.45, 7) is 4.27. The fourth-order valence-corrected chi connectivity index (χ4v) is 4.21. The summed E-state index contributed by atoms with van der Waals surface area (Å²) in [7, 11) is 3.13. The van der Waals surface area contributed by atoms with E-state index in [0.29, 0.717) is 24.5 Å². The number of ether oxygens (including phenoxy) is 2. The van der Waals surface area contributed by atoms with Gasteiger partial charge < -0.3 is 20.1 Å². The Morgan fingerprint density at radius 1 is 0.892 bits per heavy atom. The second-order valence-corrected chi connectivity index (χ2v) is 8.95. The molecule has 3 rings (SSSR count). The second-order valence-electron chi connectivity index (χ2n) is 8.95. The first-order valence-corrected chi connectivity index (χ1v) is 12.2. The van der Waals surface area contributed by atoms with E-state index in [1.165, 1.54) is 12.1 Å². The van der Waals surface area contributed by atoms with E-state index in [1.807, 2.05) is 62.4 Å². The van der Waals surface area contributed by atoms with Crippen LogP contribution >= 0.6 is 0 Å². The minimum atomic E-state index is -4.41. The van der Waals surface area contributed by atoms with Crippen molar-refractivity contribution in [2.75, 3.05) is 20.7 Å². The van der Waals surface area contributed by atoms with Crippen LogP contribution < -0.4 is 20.1 Å². The van der Waals surface area contributed by atoms with Crippen LogP contribution in [0.5, 0.6) is 11.5 Å². The predicted octanol–water partition coefficient (Wildman–Crippen LogP) is 6.10. The van der Waals surface area contributed by atoms with Crippen LogP contribution in [0, 0.1) is 0 Å². The number of likely N-dealkylation sites (N-methyl/N-ethyl adjacent to an activating group) is 1. The predicted molar refractivity (Wildman–Crippen MR) is 138 cm³/mol. The molecule has 0 bridgehead atoms. The van der Waals surface area contributed by atoms with Gasteiger partial charge in [0.1, 0.15) is 6.04 Å². The molecular formula is C29H33F3N2O3. The summed E-state index contributed by atoms with van der Waals surface area (Å²) >= 11 is 0. The van der Waals surface area contributed by atoms with Crippen LogP contribution in [-0.4, -0.2) is 32.7 Å². The molecule has 0 aliphatic rings. The minimum Gasteiger partial charge on any atom is -0.493 e. The van der Waals surface area contributed by atoms with Crippen molar-refractivity contribution in [3.8, 4) is 11.5 Å². The number of alkyl halides is 3. The first kappa shape index (κ1) is 28.1. The second kappa shape index (κ2) is 12.6. The number of carbonyl (C=O) groups is 1. The summed E-state index contributed by atoms with van der Waals surface area (Å²) in [5, 5.41) is 5.99. The van der Waals surface area contributed by atoms with Gasteiger partial charge in [0.05, 0.1) is 18.8 Å². The lowest BCUT2D eigenvalue weighted by atomic mass is 9.87. The molecule has 2 atom stereocenters. The fourth-order valence-electron chi connectivity index (χ4n) is 4.21. The monoisotopic (exact) mass is 514 g/mol. The molecule has 0 unspecified atom stereocenters. The van der Waals surface area contributed by atoms with Gasteiger partial charge in [0.25, 0.3) is 0 Å². The third kappa shape index (κ3) is 7.49. The lowest BCUT2D eigenvalue weighted by Gasteiger charge is -2.23. The van der Waals surface area contributed by atoms with Crippen molar-refractivity contribution in [1.82, 2.24) is 10.6 Å². The molecule has 0 heterocycles. The van der Waals surface area contributed by atoms with Crippen LogP contribution in [0.25, 0.3) is 0 Å². The molecule has 0 fully saturated rings. The Kier molecular flexibility index (Phi) is 9.58. The maximum absolute atomic E-state index is 13.2. The SMILES string of the molecule is CNC(=O)[C@H](NCC[C@H](c1ccc(C(F)(F)F)cc1)c1ccc(OC(C)C)c(OC)c1)c1ccccc1. The lowest BCUT2D eigenvalue weighted by molar-refractivity contribution is -0.137. The highest BCUT2D eigenvalue weighted by Gasteiger charge is 2.30. The van der Waals surface area contributed by atoms with Crippen molar-refractivity contribution in [2.45, 2.75) is 44.5 Å². The lowest BCUT2D eigenvalue weighted by Crippen LogP contribution is -2.36. The van der Waals surface area contributed by atoms with E-state index in [-0.39, 0.29) is 17.9 Å². The number of hydrogen-bond donors (Lipinski definition) is 2. The highest BCUT2D eigenvalue weighted by molar-refractivity contribution is 5.82. The van der Waals surface area contributed by atoms with Crippen LogP contribution in [0.3, 0.4) is 0 Å². The maximum atomic E-state index is 13.2. The molecular weight excluding hydrogens is 481 g/mol. The van der Waals surface area contributed by atoms with E-state index in [0.717, 1.165) is 28.8 Å². The highest BCUT2D eigenvalue weighted by atomic mass is 19.4. The minimum absolute atomic E-state index is 0.0470. The topological polar surface area (TPSA) is 59.6 Å². The van der Waals surface area contributed by atoms with Crippen molar-refractivity contribution >= 4 is 5.91 Å². The van der Waals surface area contributed by atoms with Crippen LogP contribution in [-0.2, 0) is 11.0 Å². The number of amides is 1. The van der Waals surface area contributed by atoms with Crippen LogP contribution in [0.15, 0.2) is 72.8 Å². The molecule has 0 spiro atoms.